The highest BCUT2D eigenvalue weighted by Crippen LogP contribution is 2.23. The Bertz CT molecular complexity index is 876. The van der Waals surface area contributed by atoms with Gasteiger partial charge in [0.2, 0.25) is 5.91 Å². The van der Waals surface area contributed by atoms with Crippen LogP contribution in [-0.2, 0) is 4.79 Å². The van der Waals surface area contributed by atoms with Crippen molar-refractivity contribution in [1.82, 2.24) is 5.32 Å². The van der Waals surface area contributed by atoms with Gasteiger partial charge in [0.1, 0.15) is 0 Å². The summed E-state index contributed by atoms with van der Waals surface area (Å²) in [5, 5.41) is 8.73. The van der Waals surface area contributed by atoms with Gasteiger partial charge in [0.15, 0.2) is 0 Å². The Morgan fingerprint density at radius 2 is 1.64 bits per heavy atom. The minimum absolute atomic E-state index is 0.0305. The molecule has 3 aromatic carbocycles. The fraction of sp³-hybridized carbons (Fsp3) is 0.227. The predicted octanol–water partition coefficient (Wildman–Crippen LogP) is 4.75. The van der Waals surface area contributed by atoms with Crippen LogP contribution in [0.4, 0.5) is 5.69 Å². The molecule has 3 aromatic rings. The van der Waals surface area contributed by atoms with Crippen molar-refractivity contribution in [3.05, 3.63) is 77.4 Å². The number of benzene rings is 3. The molecule has 25 heavy (non-hydrogen) atoms. The van der Waals surface area contributed by atoms with Gasteiger partial charge in [-0.2, -0.15) is 0 Å². The molecule has 0 aliphatic rings. The van der Waals surface area contributed by atoms with E-state index in [0.29, 0.717) is 0 Å². The molecule has 0 bridgehead atoms. The molecule has 1 atom stereocenters. The third-order valence-corrected chi connectivity index (χ3v) is 4.36. The van der Waals surface area contributed by atoms with E-state index >= 15 is 0 Å². The largest absolute Gasteiger partial charge is 0.325 e. The SMILES string of the molecule is Cc1cc(C)cc(NC(=O)CN[C@@H](C)c2cccc3ccccc23)c1. The van der Waals surface area contributed by atoms with Gasteiger partial charge in [0.25, 0.3) is 0 Å². The summed E-state index contributed by atoms with van der Waals surface area (Å²) in [5.41, 5.74) is 4.35. The molecule has 0 aliphatic carbocycles. The average molecular weight is 332 g/mol. The van der Waals surface area contributed by atoms with Crippen LogP contribution in [0.3, 0.4) is 0 Å². The van der Waals surface area contributed by atoms with E-state index in [0.717, 1.165) is 16.8 Å². The number of anilines is 1. The number of carbonyl (C=O) groups is 1. The first-order valence-corrected chi connectivity index (χ1v) is 8.62. The molecule has 0 unspecified atom stereocenters. The number of nitrogens with one attached hydrogen (secondary N) is 2. The second-order valence-electron chi connectivity index (χ2n) is 6.60. The highest BCUT2D eigenvalue weighted by atomic mass is 16.1. The van der Waals surface area contributed by atoms with Gasteiger partial charge in [-0.1, -0.05) is 48.5 Å². The molecule has 0 radical (unpaired) electrons. The number of rotatable bonds is 5. The summed E-state index contributed by atoms with van der Waals surface area (Å²) in [6.07, 6.45) is 0. The molecule has 2 N–H and O–H groups in total. The standard InChI is InChI=1S/C22H24N2O/c1-15-11-16(2)13-19(12-15)24-22(25)14-23-17(3)20-10-6-8-18-7-4-5-9-21(18)20/h4-13,17,23H,14H2,1-3H3,(H,24,25)/t17-/m0/s1. The minimum atomic E-state index is -0.0305. The Labute approximate surface area is 149 Å². The molecule has 0 saturated carbocycles. The monoisotopic (exact) mass is 332 g/mol. The summed E-state index contributed by atoms with van der Waals surface area (Å²) >= 11 is 0. The van der Waals surface area contributed by atoms with Gasteiger partial charge in [-0.15, -0.1) is 0 Å². The first-order chi connectivity index (χ1) is 12.0. The molecule has 3 heteroatoms. The number of aryl methyl sites for hydroxylation is 2. The lowest BCUT2D eigenvalue weighted by atomic mass is 10.00. The van der Waals surface area contributed by atoms with E-state index in [2.05, 4.69) is 54.0 Å². The van der Waals surface area contributed by atoms with Crippen molar-refractivity contribution in [3.63, 3.8) is 0 Å². The first-order valence-electron chi connectivity index (χ1n) is 8.62. The highest BCUT2D eigenvalue weighted by Gasteiger charge is 2.11. The van der Waals surface area contributed by atoms with Gasteiger partial charge < -0.3 is 10.6 Å². The fourth-order valence-electron chi connectivity index (χ4n) is 3.24. The quantitative estimate of drug-likeness (QED) is 0.708. The topological polar surface area (TPSA) is 41.1 Å². The molecule has 0 spiro atoms. The van der Waals surface area contributed by atoms with E-state index in [9.17, 15) is 4.79 Å². The van der Waals surface area contributed by atoms with Gasteiger partial charge >= 0.3 is 0 Å². The Morgan fingerprint density at radius 1 is 0.960 bits per heavy atom. The van der Waals surface area contributed by atoms with Gasteiger partial charge in [0.05, 0.1) is 6.54 Å². The molecule has 1 amide bonds. The summed E-state index contributed by atoms with van der Waals surface area (Å²) < 4.78 is 0. The van der Waals surface area contributed by atoms with Crippen LogP contribution < -0.4 is 10.6 Å². The van der Waals surface area contributed by atoms with Crippen molar-refractivity contribution in [2.45, 2.75) is 26.8 Å². The van der Waals surface area contributed by atoms with Gasteiger partial charge in [-0.05, 0) is 60.4 Å². The lowest BCUT2D eigenvalue weighted by Gasteiger charge is -2.16. The van der Waals surface area contributed by atoms with Crippen LogP contribution in [0.15, 0.2) is 60.7 Å². The summed E-state index contributed by atoms with van der Waals surface area (Å²) in [5.74, 6) is -0.0305. The van der Waals surface area contributed by atoms with Crippen LogP contribution in [0.5, 0.6) is 0 Å². The Balaban J connectivity index is 1.65. The molecule has 3 rings (SSSR count). The Kier molecular flexibility index (Phi) is 5.15. The molecule has 0 heterocycles. The van der Waals surface area contributed by atoms with Crippen LogP contribution in [0.25, 0.3) is 10.8 Å². The molecule has 0 saturated heterocycles. The summed E-state index contributed by atoms with van der Waals surface area (Å²) in [6.45, 7) is 6.43. The highest BCUT2D eigenvalue weighted by molar-refractivity contribution is 5.92. The Hall–Kier alpha value is -2.65. The van der Waals surface area contributed by atoms with Gasteiger partial charge in [0, 0.05) is 11.7 Å². The fourth-order valence-corrected chi connectivity index (χ4v) is 3.24. The van der Waals surface area contributed by atoms with E-state index in [1.54, 1.807) is 0 Å². The second-order valence-corrected chi connectivity index (χ2v) is 6.60. The second kappa shape index (κ2) is 7.49. The van der Waals surface area contributed by atoms with E-state index in [4.69, 9.17) is 0 Å². The van der Waals surface area contributed by atoms with Gasteiger partial charge in [-0.3, -0.25) is 4.79 Å². The van der Waals surface area contributed by atoms with Crippen LogP contribution in [-0.4, -0.2) is 12.5 Å². The van der Waals surface area contributed by atoms with Crippen molar-refractivity contribution < 1.29 is 4.79 Å². The zero-order valence-corrected chi connectivity index (χ0v) is 15.0. The number of hydrogen-bond acceptors (Lipinski definition) is 2. The minimum Gasteiger partial charge on any atom is -0.325 e. The lowest BCUT2D eigenvalue weighted by Crippen LogP contribution is -2.30. The molecular formula is C22H24N2O. The third-order valence-electron chi connectivity index (χ3n) is 4.36. The molecule has 0 aromatic heterocycles. The van der Waals surface area contributed by atoms with Crippen molar-refractivity contribution in [1.29, 1.82) is 0 Å². The number of hydrogen-bond donors (Lipinski definition) is 2. The first kappa shape index (κ1) is 17.2. The van der Waals surface area contributed by atoms with Crippen molar-refractivity contribution >= 4 is 22.4 Å². The van der Waals surface area contributed by atoms with Crippen LogP contribution >= 0.6 is 0 Å². The van der Waals surface area contributed by atoms with Crippen LogP contribution in [0.2, 0.25) is 0 Å². The van der Waals surface area contributed by atoms with Crippen molar-refractivity contribution in [2.75, 3.05) is 11.9 Å². The predicted molar refractivity (Wildman–Crippen MR) is 105 cm³/mol. The number of amides is 1. The summed E-state index contributed by atoms with van der Waals surface area (Å²) in [6, 6.07) is 20.8. The van der Waals surface area contributed by atoms with Crippen LogP contribution in [0.1, 0.15) is 29.7 Å². The zero-order valence-electron chi connectivity index (χ0n) is 15.0. The molecule has 3 nitrogen and oxygen atoms in total. The van der Waals surface area contributed by atoms with Crippen molar-refractivity contribution in [3.8, 4) is 0 Å². The molecular weight excluding hydrogens is 308 g/mol. The average Bonchev–Trinajstić information content (AvgIpc) is 2.58. The smallest absolute Gasteiger partial charge is 0.238 e. The van der Waals surface area contributed by atoms with Gasteiger partial charge in [-0.25, -0.2) is 0 Å². The maximum absolute atomic E-state index is 12.3. The summed E-state index contributed by atoms with van der Waals surface area (Å²) in [4.78, 5) is 12.3. The normalized spacial score (nSPS) is 12.1. The zero-order chi connectivity index (χ0) is 17.8. The maximum atomic E-state index is 12.3. The molecule has 0 aliphatic heterocycles. The number of carbonyl (C=O) groups excluding carboxylic acids is 1. The van der Waals surface area contributed by atoms with E-state index in [1.807, 2.05) is 38.1 Å². The van der Waals surface area contributed by atoms with Crippen LogP contribution in [0, 0.1) is 13.8 Å². The van der Waals surface area contributed by atoms with E-state index in [-0.39, 0.29) is 18.5 Å². The molecule has 128 valence electrons. The third kappa shape index (κ3) is 4.25. The number of fused-ring (bicyclic) bond motifs is 1. The maximum Gasteiger partial charge on any atom is 0.238 e. The molecule has 0 fully saturated rings. The van der Waals surface area contributed by atoms with Crippen molar-refractivity contribution in [2.24, 2.45) is 0 Å². The van der Waals surface area contributed by atoms with E-state index < -0.39 is 0 Å². The Morgan fingerprint density at radius 3 is 2.40 bits per heavy atom. The van der Waals surface area contributed by atoms with E-state index in [1.165, 1.54) is 16.3 Å². The summed E-state index contributed by atoms with van der Waals surface area (Å²) in [7, 11) is 0. The lowest BCUT2D eigenvalue weighted by molar-refractivity contribution is -0.115.